The number of carbonyl (C=O) groups excluding carboxylic acids is 2. The molecule has 2 aromatic rings. The Morgan fingerprint density at radius 1 is 1.00 bits per heavy atom. The van der Waals surface area contributed by atoms with Crippen molar-refractivity contribution in [3.8, 4) is 0 Å². The lowest BCUT2D eigenvalue weighted by Crippen LogP contribution is -2.18. The Labute approximate surface area is 97.4 Å². The van der Waals surface area contributed by atoms with Crippen LogP contribution in [0, 0.1) is 0 Å². The van der Waals surface area contributed by atoms with Gasteiger partial charge in [-0.25, -0.2) is 0 Å². The number of furan rings is 1. The fraction of sp³-hybridized carbons (Fsp3) is 0. The highest BCUT2D eigenvalue weighted by Gasteiger charge is 2.32. The van der Waals surface area contributed by atoms with E-state index < -0.39 is 0 Å². The minimum absolute atomic E-state index is 0.114. The van der Waals surface area contributed by atoms with Crippen LogP contribution in [0.1, 0.15) is 37.8 Å². The molecule has 0 unspecified atom stereocenters. The summed E-state index contributed by atoms with van der Waals surface area (Å²) < 4.78 is 5.31. The van der Waals surface area contributed by atoms with Crippen LogP contribution in [0.3, 0.4) is 0 Å². The van der Waals surface area contributed by atoms with Gasteiger partial charge in [0, 0.05) is 11.1 Å². The van der Waals surface area contributed by atoms with Crippen LogP contribution < -0.4 is 0 Å². The maximum Gasteiger partial charge on any atom is 0.229 e. The Morgan fingerprint density at radius 3 is 2.29 bits per heavy atom. The Morgan fingerprint density at radius 2 is 1.65 bits per heavy atom. The van der Waals surface area contributed by atoms with Gasteiger partial charge in [-0.05, 0) is 12.1 Å². The summed E-state index contributed by atoms with van der Waals surface area (Å²) in [6.07, 6.45) is 1.48. The van der Waals surface area contributed by atoms with Crippen LogP contribution in [0.25, 0.3) is 6.08 Å². The Hall–Kier alpha value is -2.42. The second-order valence-electron chi connectivity index (χ2n) is 3.80. The summed E-state index contributed by atoms with van der Waals surface area (Å²) in [6.45, 7) is 3.56. The van der Waals surface area contributed by atoms with Crippen LogP contribution in [0.15, 0.2) is 41.3 Å². The third-order valence-corrected chi connectivity index (χ3v) is 2.82. The van der Waals surface area contributed by atoms with E-state index in [0.717, 1.165) is 0 Å². The molecule has 0 saturated carbocycles. The first-order chi connectivity index (χ1) is 8.22. The van der Waals surface area contributed by atoms with E-state index in [2.05, 4.69) is 6.58 Å². The number of benzene rings is 1. The SMILES string of the molecule is C=Cc1cc2c(o1)C(=O)c1ccccc1C2=O. The molecule has 0 fully saturated rings. The van der Waals surface area contributed by atoms with E-state index >= 15 is 0 Å². The van der Waals surface area contributed by atoms with Crippen molar-refractivity contribution in [2.45, 2.75) is 0 Å². The van der Waals surface area contributed by atoms with Crippen LogP contribution in [-0.2, 0) is 0 Å². The Bertz CT molecular complexity index is 609. The predicted octanol–water partition coefficient (Wildman–Crippen LogP) is 2.70. The van der Waals surface area contributed by atoms with Crippen molar-refractivity contribution in [1.29, 1.82) is 0 Å². The van der Waals surface area contributed by atoms with E-state index in [-0.39, 0.29) is 17.3 Å². The zero-order valence-corrected chi connectivity index (χ0v) is 8.90. The fourth-order valence-corrected chi connectivity index (χ4v) is 1.99. The second kappa shape index (κ2) is 3.28. The summed E-state index contributed by atoms with van der Waals surface area (Å²) in [5.74, 6) is 0.128. The third-order valence-electron chi connectivity index (χ3n) is 2.82. The normalized spacial score (nSPS) is 13.2. The molecule has 0 aliphatic heterocycles. The highest BCUT2D eigenvalue weighted by atomic mass is 16.3. The van der Waals surface area contributed by atoms with E-state index in [4.69, 9.17) is 4.42 Å². The molecular formula is C14H8O3. The van der Waals surface area contributed by atoms with E-state index in [9.17, 15) is 9.59 Å². The Balaban J connectivity index is 2.31. The number of ketones is 2. The van der Waals surface area contributed by atoms with Crippen LogP contribution in [0.5, 0.6) is 0 Å². The number of carbonyl (C=O) groups is 2. The molecule has 0 spiro atoms. The largest absolute Gasteiger partial charge is 0.452 e. The molecule has 17 heavy (non-hydrogen) atoms. The predicted molar refractivity (Wildman–Crippen MR) is 62.1 cm³/mol. The number of hydrogen-bond donors (Lipinski definition) is 0. The summed E-state index contributed by atoms with van der Waals surface area (Å²) in [6, 6.07) is 8.31. The maximum absolute atomic E-state index is 12.1. The van der Waals surface area contributed by atoms with Gasteiger partial charge < -0.3 is 4.42 Å². The van der Waals surface area contributed by atoms with E-state index in [1.54, 1.807) is 30.3 Å². The summed E-state index contributed by atoms with van der Waals surface area (Å²) in [5.41, 5.74) is 1.15. The summed E-state index contributed by atoms with van der Waals surface area (Å²) in [7, 11) is 0. The van der Waals surface area contributed by atoms with Gasteiger partial charge >= 0.3 is 0 Å². The van der Waals surface area contributed by atoms with Crippen LogP contribution >= 0.6 is 0 Å². The van der Waals surface area contributed by atoms with Gasteiger partial charge in [-0.3, -0.25) is 9.59 Å². The molecule has 3 rings (SSSR count). The van der Waals surface area contributed by atoms with Crippen molar-refractivity contribution in [2.24, 2.45) is 0 Å². The van der Waals surface area contributed by atoms with Gasteiger partial charge in [0.15, 0.2) is 11.5 Å². The molecule has 0 atom stereocenters. The van der Waals surface area contributed by atoms with Crippen molar-refractivity contribution < 1.29 is 14.0 Å². The fourth-order valence-electron chi connectivity index (χ4n) is 1.99. The lowest BCUT2D eigenvalue weighted by atomic mass is 9.89. The van der Waals surface area contributed by atoms with Crippen molar-refractivity contribution >= 4 is 17.6 Å². The number of hydrogen-bond acceptors (Lipinski definition) is 3. The van der Waals surface area contributed by atoms with E-state index in [0.29, 0.717) is 22.5 Å². The summed E-state index contributed by atoms with van der Waals surface area (Å²) >= 11 is 0. The number of fused-ring (bicyclic) bond motifs is 2. The molecule has 0 radical (unpaired) electrons. The van der Waals surface area contributed by atoms with Gasteiger partial charge in [-0.2, -0.15) is 0 Å². The van der Waals surface area contributed by atoms with Crippen LogP contribution in [0.2, 0.25) is 0 Å². The zero-order chi connectivity index (χ0) is 12.0. The van der Waals surface area contributed by atoms with Crippen molar-refractivity contribution in [1.82, 2.24) is 0 Å². The molecule has 82 valence electrons. The molecule has 0 saturated heterocycles. The second-order valence-corrected chi connectivity index (χ2v) is 3.80. The first-order valence-corrected chi connectivity index (χ1v) is 5.17. The molecule has 1 aliphatic rings. The molecule has 1 heterocycles. The minimum Gasteiger partial charge on any atom is -0.452 e. The quantitative estimate of drug-likeness (QED) is 0.638. The molecule has 1 aromatic heterocycles. The molecule has 1 aromatic carbocycles. The van der Waals surface area contributed by atoms with Gasteiger partial charge in [0.25, 0.3) is 0 Å². The summed E-state index contributed by atoms with van der Waals surface area (Å²) in [4.78, 5) is 24.2. The molecule has 0 amide bonds. The minimum atomic E-state index is -0.247. The number of rotatable bonds is 1. The van der Waals surface area contributed by atoms with Crippen molar-refractivity contribution in [3.05, 3.63) is 65.1 Å². The topological polar surface area (TPSA) is 47.3 Å². The highest BCUT2D eigenvalue weighted by Crippen LogP contribution is 2.29. The van der Waals surface area contributed by atoms with E-state index in [1.165, 1.54) is 6.08 Å². The van der Waals surface area contributed by atoms with Gasteiger partial charge in [-0.1, -0.05) is 30.8 Å². The van der Waals surface area contributed by atoms with Crippen LogP contribution in [-0.4, -0.2) is 11.6 Å². The van der Waals surface area contributed by atoms with Crippen LogP contribution in [0.4, 0.5) is 0 Å². The highest BCUT2D eigenvalue weighted by molar-refractivity contribution is 6.27. The molecule has 0 bridgehead atoms. The van der Waals surface area contributed by atoms with Gasteiger partial charge in [0.2, 0.25) is 5.78 Å². The van der Waals surface area contributed by atoms with Gasteiger partial charge in [0.05, 0.1) is 5.56 Å². The molecule has 1 aliphatic carbocycles. The van der Waals surface area contributed by atoms with Gasteiger partial charge in [0.1, 0.15) is 5.76 Å². The van der Waals surface area contributed by atoms with Crippen molar-refractivity contribution in [3.63, 3.8) is 0 Å². The van der Waals surface area contributed by atoms with Gasteiger partial charge in [-0.15, -0.1) is 0 Å². The maximum atomic E-state index is 12.1. The molecule has 3 nitrogen and oxygen atoms in total. The standard InChI is InChI=1S/C14H8O3/c1-2-8-7-11-12(15)9-5-3-4-6-10(9)13(16)14(11)17-8/h2-7H,1H2. The monoisotopic (exact) mass is 224 g/mol. The lowest BCUT2D eigenvalue weighted by Gasteiger charge is -2.11. The third kappa shape index (κ3) is 1.22. The van der Waals surface area contributed by atoms with E-state index in [1.807, 2.05) is 0 Å². The van der Waals surface area contributed by atoms with Crippen molar-refractivity contribution in [2.75, 3.05) is 0 Å². The first kappa shape index (κ1) is 9.78. The average Bonchev–Trinajstić information content (AvgIpc) is 2.80. The smallest absolute Gasteiger partial charge is 0.229 e. The first-order valence-electron chi connectivity index (χ1n) is 5.17. The summed E-state index contributed by atoms with van der Waals surface area (Å²) in [5, 5.41) is 0. The zero-order valence-electron chi connectivity index (χ0n) is 8.90. The average molecular weight is 224 g/mol. The molecular weight excluding hydrogens is 216 g/mol. The molecule has 3 heteroatoms. The Kier molecular flexibility index (Phi) is 1.89. The lowest BCUT2D eigenvalue weighted by molar-refractivity contribution is 0.0960. The molecule has 0 N–H and O–H groups in total.